The lowest BCUT2D eigenvalue weighted by Crippen LogP contribution is -2.45. The summed E-state index contributed by atoms with van der Waals surface area (Å²) in [6, 6.07) is 5.79. The van der Waals surface area contributed by atoms with Crippen LogP contribution in [-0.2, 0) is 14.4 Å². The maximum Gasteiger partial charge on any atom is 0.326 e. The van der Waals surface area contributed by atoms with E-state index in [0.29, 0.717) is 24.3 Å². The summed E-state index contributed by atoms with van der Waals surface area (Å²) in [5.41, 5.74) is 5.70. The summed E-state index contributed by atoms with van der Waals surface area (Å²) in [6.45, 7) is 0.378. The Kier molecular flexibility index (Phi) is 4.42. The van der Waals surface area contributed by atoms with Gasteiger partial charge in [0.2, 0.25) is 11.8 Å². The van der Waals surface area contributed by atoms with Gasteiger partial charge in [0.1, 0.15) is 11.8 Å². The van der Waals surface area contributed by atoms with E-state index in [1.54, 1.807) is 24.3 Å². The van der Waals surface area contributed by atoms with Crippen molar-refractivity contribution in [1.29, 1.82) is 0 Å². The van der Waals surface area contributed by atoms with Crippen molar-refractivity contribution < 1.29 is 24.2 Å². The number of carbonyl (C=O) groups is 3. The Hall–Kier alpha value is -2.57. The predicted molar refractivity (Wildman–Crippen MR) is 72.7 cm³/mol. The number of carboxylic acids is 1. The maximum absolute atomic E-state index is 12.3. The summed E-state index contributed by atoms with van der Waals surface area (Å²) < 4.78 is 5.45. The summed E-state index contributed by atoms with van der Waals surface area (Å²) in [5, 5.41) is 11.4. The van der Waals surface area contributed by atoms with Gasteiger partial charge in [-0.15, -0.1) is 0 Å². The van der Waals surface area contributed by atoms with Crippen molar-refractivity contribution >= 4 is 17.8 Å². The molecule has 2 rings (SSSR count). The van der Waals surface area contributed by atoms with E-state index < -0.39 is 36.2 Å². The highest BCUT2D eigenvalue weighted by molar-refractivity contribution is 5.91. The SMILES string of the molecule is NC(=O)CC(NC(=O)C1CCOc2ccccc21)C(=O)O. The highest BCUT2D eigenvalue weighted by Crippen LogP contribution is 2.33. The number of nitrogens with one attached hydrogen (secondary N) is 1. The third kappa shape index (κ3) is 3.50. The highest BCUT2D eigenvalue weighted by Gasteiger charge is 2.31. The molecule has 0 saturated carbocycles. The molecule has 1 aromatic carbocycles. The summed E-state index contributed by atoms with van der Waals surface area (Å²) in [5.74, 6) is -2.40. The number of rotatable bonds is 5. The van der Waals surface area contributed by atoms with Crippen molar-refractivity contribution in [3.8, 4) is 5.75 Å². The number of primary amides is 1. The van der Waals surface area contributed by atoms with Crippen LogP contribution < -0.4 is 15.8 Å². The molecule has 7 nitrogen and oxygen atoms in total. The fraction of sp³-hybridized carbons (Fsp3) is 0.357. The van der Waals surface area contributed by atoms with E-state index in [2.05, 4.69) is 5.32 Å². The van der Waals surface area contributed by atoms with Crippen LogP contribution in [0.25, 0.3) is 0 Å². The zero-order valence-corrected chi connectivity index (χ0v) is 11.2. The number of carboxylic acid groups (broad SMARTS) is 1. The Morgan fingerprint density at radius 2 is 2.10 bits per heavy atom. The number of nitrogens with two attached hydrogens (primary N) is 1. The van der Waals surface area contributed by atoms with Gasteiger partial charge < -0.3 is 20.9 Å². The molecule has 2 amide bonds. The monoisotopic (exact) mass is 292 g/mol. The molecule has 21 heavy (non-hydrogen) atoms. The van der Waals surface area contributed by atoms with Crippen molar-refractivity contribution in [1.82, 2.24) is 5.32 Å². The number of carbonyl (C=O) groups excluding carboxylic acids is 2. The van der Waals surface area contributed by atoms with Crippen molar-refractivity contribution in [2.24, 2.45) is 5.73 Å². The van der Waals surface area contributed by atoms with Crippen LogP contribution in [0.1, 0.15) is 24.3 Å². The van der Waals surface area contributed by atoms with E-state index in [1.807, 2.05) is 0 Å². The Labute approximate surface area is 121 Å². The number of fused-ring (bicyclic) bond motifs is 1. The number of amides is 2. The van der Waals surface area contributed by atoms with E-state index >= 15 is 0 Å². The molecule has 0 spiro atoms. The van der Waals surface area contributed by atoms with Gasteiger partial charge >= 0.3 is 5.97 Å². The van der Waals surface area contributed by atoms with Gasteiger partial charge in [0.15, 0.2) is 0 Å². The van der Waals surface area contributed by atoms with E-state index in [9.17, 15) is 14.4 Å². The number of hydrogen-bond donors (Lipinski definition) is 3. The first kappa shape index (κ1) is 14.8. The summed E-state index contributed by atoms with van der Waals surface area (Å²) in [7, 11) is 0. The van der Waals surface area contributed by atoms with E-state index in [-0.39, 0.29) is 0 Å². The smallest absolute Gasteiger partial charge is 0.326 e. The molecule has 0 bridgehead atoms. The fourth-order valence-electron chi connectivity index (χ4n) is 2.29. The Bertz CT molecular complexity index is 572. The molecule has 2 unspecified atom stereocenters. The molecule has 1 aliphatic rings. The molecule has 2 atom stereocenters. The third-order valence-corrected chi connectivity index (χ3v) is 3.29. The maximum atomic E-state index is 12.3. The van der Waals surface area contributed by atoms with Crippen LogP contribution in [0.5, 0.6) is 5.75 Å². The minimum Gasteiger partial charge on any atom is -0.493 e. The molecule has 112 valence electrons. The number of para-hydroxylation sites is 1. The molecule has 1 heterocycles. The van der Waals surface area contributed by atoms with Crippen LogP contribution in [0.15, 0.2) is 24.3 Å². The van der Waals surface area contributed by atoms with Crippen LogP contribution in [0.2, 0.25) is 0 Å². The second-order valence-electron chi connectivity index (χ2n) is 4.80. The lowest BCUT2D eigenvalue weighted by molar-refractivity contribution is -0.143. The van der Waals surface area contributed by atoms with Crippen LogP contribution >= 0.6 is 0 Å². The summed E-state index contributed by atoms with van der Waals surface area (Å²) >= 11 is 0. The van der Waals surface area contributed by atoms with Crippen LogP contribution in [0.3, 0.4) is 0 Å². The second-order valence-corrected chi connectivity index (χ2v) is 4.80. The molecule has 1 aromatic rings. The van der Waals surface area contributed by atoms with Crippen LogP contribution in [0, 0.1) is 0 Å². The van der Waals surface area contributed by atoms with Gasteiger partial charge in [-0.3, -0.25) is 9.59 Å². The predicted octanol–water partition coefficient (Wildman–Crippen LogP) is -0.00250. The first-order valence-electron chi connectivity index (χ1n) is 6.52. The molecule has 0 fully saturated rings. The van der Waals surface area contributed by atoms with E-state index in [1.165, 1.54) is 0 Å². The minimum atomic E-state index is -1.31. The van der Waals surface area contributed by atoms with Crippen LogP contribution in [-0.4, -0.2) is 35.5 Å². The Morgan fingerprint density at radius 1 is 1.38 bits per heavy atom. The number of hydrogen-bond acceptors (Lipinski definition) is 4. The number of aliphatic carboxylic acids is 1. The fourth-order valence-corrected chi connectivity index (χ4v) is 2.29. The van der Waals surface area contributed by atoms with Crippen molar-refractivity contribution in [2.75, 3.05) is 6.61 Å². The molecule has 0 radical (unpaired) electrons. The standard InChI is InChI=1S/C14H16N2O5/c15-12(17)7-10(14(19)20)16-13(18)9-5-6-21-11-4-2-1-3-8(9)11/h1-4,9-10H,5-7H2,(H2,15,17)(H,16,18)(H,19,20). The highest BCUT2D eigenvalue weighted by atomic mass is 16.5. The lowest BCUT2D eigenvalue weighted by Gasteiger charge is -2.26. The van der Waals surface area contributed by atoms with Gasteiger partial charge in [-0.05, 0) is 12.5 Å². The van der Waals surface area contributed by atoms with Crippen molar-refractivity contribution in [2.45, 2.75) is 24.8 Å². The zero-order valence-electron chi connectivity index (χ0n) is 11.2. The van der Waals surface area contributed by atoms with Crippen molar-refractivity contribution in [3.63, 3.8) is 0 Å². The molecule has 0 aromatic heterocycles. The first-order valence-corrected chi connectivity index (χ1v) is 6.52. The summed E-state index contributed by atoms with van der Waals surface area (Å²) in [6.07, 6.45) is 0.0116. The Balaban J connectivity index is 2.13. The van der Waals surface area contributed by atoms with Gasteiger partial charge in [-0.25, -0.2) is 4.79 Å². The molecule has 4 N–H and O–H groups in total. The zero-order chi connectivity index (χ0) is 15.4. The topological polar surface area (TPSA) is 119 Å². The van der Waals surface area contributed by atoms with Crippen molar-refractivity contribution in [3.05, 3.63) is 29.8 Å². The first-order chi connectivity index (χ1) is 9.99. The lowest BCUT2D eigenvalue weighted by atomic mass is 9.92. The molecule has 1 aliphatic heterocycles. The van der Waals surface area contributed by atoms with Gasteiger partial charge in [0, 0.05) is 5.56 Å². The molecule has 7 heteroatoms. The van der Waals surface area contributed by atoms with Gasteiger partial charge in [-0.2, -0.15) is 0 Å². The van der Waals surface area contributed by atoms with E-state index in [4.69, 9.17) is 15.6 Å². The average molecular weight is 292 g/mol. The number of benzene rings is 1. The minimum absolute atomic E-state index is 0.378. The largest absolute Gasteiger partial charge is 0.493 e. The number of ether oxygens (including phenoxy) is 1. The molecule has 0 saturated heterocycles. The van der Waals surface area contributed by atoms with Gasteiger partial charge in [0.25, 0.3) is 0 Å². The van der Waals surface area contributed by atoms with Gasteiger partial charge in [-0.1, -0.05) is 18.2 Å². The third-order valence-electron chi connectivity index (χ3n) is 3.29. The molecular weight excluding hydrogens is 276 g/mol. The molecular formula is C14H16N2O5. The van der Waals surface area contributed by atoms with Gasteiger partial charge in [0.05, 0.1) is 18.9 Å². The normalized spacial score (nSPS) is 18.0. The van der Waals surface area contributed by atoms with E-state index in [0.717, 1.165) is 0 Å². The molecule has 0 aliphatic carbocycles. The average Bonchev–Trinajstić information content (AvgIpc) is 2.45. The quantitative estimate of drug-likeness (QED) is 0.705. The van der Waals surface area contributed by atoms with Crippen LogP contribution in [0.4, 0.5) is 0 Å². The summed E-state index contributed by atoms with van der Waals surface area (Å²) in [4.78, 5) is 34.2. The Morgan fingerprint density at radius 3 is 2.76 bits per heavy atom. The second kappa shape index (κ2) is 6.25.